The smallest absolute Gasteiger partial charge is 0.193 e. The monoisotopic (exact) mass is 463 g/mol. The predicted molar refractivity (Wildman–Crippen MR) is 119 cm³/mol. The summed E-state index contributed by atoms with van der Waals surface area (Å²) in [5, 5.41) is 4.64. The summed E-state index contributed by atoms with van der Waals surface area (Å²) in [6.07, 6.45) is 4.82. The third-order valence-electron chi connectivity index (χ3n) is 4.42. The van der Waals surface area contributed by atoms with E-state index in [9.17, 15) is 0 Å². The van der Waals surface area contributed by atoms with E-state index < -0.39 is 0 Å². The Balaban J connectivity index is 0.00000243. The van der Waals surface area contributed by atoms with Gasteiger partial charge in [-0.1, -0.05) is 24.3 Å². The predicted octanol–water partition coefficient (Wildman–Crippen LogP) is 3.44. The number of halogens is 1. The van der Waals surface area contributed by atoms with Crippen molar-refractivity contribution in [1.82, 2.24) is 19.8 Å². The molecule has 2 aromatic heterocycles. The van der Waals surface area contributed by atoms with Crippen molar-refractivity contribution in [3.63, 3.8) is 0 Å². The summed E-state index contributed by atoms with van der Waals surface area (Å²) in [6.45, 7) is 1.64. The van der Waals surface area contributed by atoms with Gasteiger partial charge in [-0.3, -0.25) is 9.98 Å². The number of nitrogens with zero attached hydrogens (tertiary/aromatic N) is 4. The summed E-state index contributed by atoms with van der Waals surface area (Å²) in [7, 11) is 5.94. The minimum absolute atomic E-state index is 0. The quantitative estimate of drug-likeness (QED) is 0.358. The maximum Gasteiger partial charge on any atom is 0.193 e. The van der Waals surface area contributed by atoms with E-state index in [1.807, 2.05) is 19.3 Å². The molecule has 5 nitrogen and oxygen atoms in total. The molecule has 2 heterocycles. The number of fused-ring (bicyclic) bond motifs is 1. The number of aryl methyl sites for hydroxylation is 1. The average molecular weight is 463 g/mol. The van der Waals surface area contributed by atoms with Gasteiger partial charge in [-0.25, -0.2) is 0 Å². The van der Waals surface area contributed by atoms with E-state index in [1.165, 1.54) is 16.6 Å². The van der Waals surface area contributed by atoms with Gasteiger partial charge in [0, 0.05) is 51.2 Å². The van der Waals surface area contributed by atoms with Gasteiger partial charge in [0.25, 0.3) is 0 Å². The van der Waals surface area contributed by atoms with Crippen LogP contribution in [0.1, 0.15) is 11.3 Å². The Morgan fingerprint density at radius 3 is 2.73 bits per heavy atom. The maximum atomic E-state index is 4.52. The zero-order valence-corrected chi connectivity index (χ0v) is 17.8. The number of nitrogens with one attached hydrogen (secondary N) is 1. The van der Waals surface area contributed by atoms with Crippen molar-refractivity contribution in [3.05, 3.63) is 66.1 Å². The lowest BCUT2D eigenvalue weighted by atomic mass is 10.1. The van der Waals surface area contributed by atoms with Crippen LogP contribution in [0.5, 0.6) is 0 Å². The molecule has 0 aliphatic heterocycles. The Kier molecular flexibility index (Phi) is 7.44. The number of pyridine rings is 1. The third kappa shape index (κ3) is 4.75. The molecular weight excluding hydrogens is 437 g/mol. The lowest BCUT2D eigenvalue weighted by Crippen LogP contribution is -2.39. The number of hydrogen-bond donors (Lipinski definition) is 1. The highest BCUT2D eigenvalue weighted by molar-refractivity contribution is 14.0. The van der Waals surface area contributed by atoms with Gasteiger partial charge in [-0.2, -0.15) is 0 Å². The van der Waals surface area contributed by atoms with Crippen LogP contribution in [0.25, 0.3) is 10.9 Å². The molecule has 138 valence electrons. The fourth-order valence-electron chi connectivity index (χ4n) is 3.04. The molecule has 0 radical (unpaired) electrons. The van der Waals surface area contributed by atoms with Crippen molar-refractivity contribution in [2.24, 2.45) is 12.0 Å². The van der Waals surface area contributed by atoms with Gasteiger partial charge in [0.05, 0.1) is 12.1 Å². The van der Waals surface area contributed by atoms with Crippen LogP contribution in [-0.2, 0) is 20.0 Å². The summed E-state index contributed by atoms with van der Waals surface area (Å²) in [5.74, 6) is 0.898. The van der Waals surface area contributed by atoms with Gasteiger partial charge in [0.1, 0.15) is 0 Å². The van der Waals surface area contributed by atoms with Crippen molar-refractivity contribution in [2.45, 2.75) is 13.0 Å². The van der Waals surface area contributed by atoms with Crippen LogP contribution < -0.4 is 5.32 Å². The largest absolute Gasteiger partial charge is 0.356 e. The summed E-state index contributed by atoms with van der Waals surface area (Å²) < 4.78 is 2.13. The summed E-state index contributed by atoms with van der Waals surface area (Å²) in [5.41, 5.74) is 3.59. The number of aliphatic imine (C=N–C) groups is 1. The summed E-state index contributed by atoms with van der Waals surface area (Å²) in [4.78, 5) is 11.1. The second-order valence-electron chi connectivity index (χ2n) is 6.18. The van der Waals surface area contributed by atoms with Gasteiger partial charge < -0.3 is 14.8 Å². The zero-order valence-electron chi connectivity index (χ0n) is 15.5. The summed E-state index contributed by atoms with van der Waals surface area (Å²) >= 11 is 0. The number of hydrogen-bond acceptors (Lipinski definition) is 2. The number of rotatable bonds is 5. The zero-order chi connectivity index (χ0) is 17.6. The number of guanidine groups is 1. The van der Waals surface area contributed by atoms with Crippen molar-refractivity contribution < 1.29 is 0 Å². The van der Waals surface area contributed by atoms with Gasteiger partial charge in [-0.05, 0) is 30.2 Å². The molecule has 0 unspecified atom stereocenters. The average Bonchev–Trinajstić information content (AvgIpc) is 3.03. The topological polar surface area (TPSA) is 45.5 Å². The van der Waals surface area contributed by atoms with Crippen LogP contribution in [0.15, 0.2) is 59.9 Å². The highest BCUT2D eigenvalue weighted by Gasteiger charge is 2.08. The lowest BCUT2D eigenvalue weighted by molar-refractivity contribution is 0.462. The van der Waals surface area contributed by atoms with Gasteiger partial charge in [-0.15, -0.1) is 24.0 Å². The molecule has 0 atom stereocenters. The van der Waals surface area contributed by atoms with Crippen molar-refractivity contribution in [2.75, 3.05) is 20.6 Å². The molecule has 0 bridgehead atoms. The molecule has 6 heteroatoms. The minimum Gasteiger partial charge on any atom is -0.356 e. The molecule has 1 N–H and O–H groups in total. The van der Waals surface area contributed by atoms with Crippen molar-refractivity contribution >= 4 is 40.8 Å². The van der Waals surface area contributed by atoms with Crippen LogP contribution in [0.2, 0.25) is 0 Å². The first-order valence-electron chi connectivity index (χ1n) is 8.53. The Bertz CT molecular complexity index is 866. The van der Waals surface area contributed by atoms with E-state index >= 15 is 0 Å². The maximum absolute atomic E-state index is 4.52. The normalized spacial score (nSPS) is 11.3. The SMILES string of the molecule is CN=C(NCCc1cccc2cccnc12)N(C)Cc1cccn1C.I. The molecule has 0 aliphatic carbocycles. The molecule has 1 aromatic carbocycles. The molecule has 26 heavy (non-hydrogen) atoms. The summed E-state index contributed by atoms with van der Waals surface area (Å²) in [6, 6.07) is 14.6. The van der Waals surface area contributed by atoms with Crippen LogP contribution >= 0.6 is 24.0 Å². The Labute approximate surface area is 172 Å². The molecule has 0 spiro atoms. The minimum atomic E-state index is 0. The second-order valence-corrected chi connectivity index (χ2v) is 6.18. The molecule has 0 saturated carbocycles. The number of benzene rings is 1. The van der Waals surface area contributed by atoms with Crippen LogP contribution in [-0.4, -0.2) is 41.1 Å². The fourth-order valence-corrected chi connectivity index (χ4v) is 3.04. The molecule has 0 saturated heterocycles. The van der Waals surface area contributed by atoms with Crippen molar-refractivity contribution in [3.8, 4) is 0 Å². The van der Waals surface area contributed by atoms with Gasteiger partial charge in [0.15, 0.2) is 5.96 Å². The molecular formula is C20H26IN5. The third-order valence-corrected chi connectivity index (χ3v) is 4.42. The highest BCUT2D eigenvalue weighted by Crippen LogP contribution is 2.16. The molecule has 0 amide bonds. The van der Waals surface area contributed by atoms with E-state index in [-0.39, 0.29) is 24.0 Å². The van der Waals surface area contributed by atoms with Crippen molar-refractivity contribution in [1.29, 1.82) is 0 Å². The van der Waals surface area contributed by atoms with Gasteiger partial charge in [0.2, 0.25) is 0 Å². The molecule has 3 rings (SSSR count). The number of para-hydroxylation sites is 1. The van der Waals surface area contributed by atoms with Crippen LogP contribution in [0.4, 0.5) is 0 Å². The number of aromatic nitrogens is 2. The Morgan fingerprint density at radius 1 is 1.19 bits per heavy atom. The van der Waals surface area contributed by atoms with E-state index in [2.05, 4.69) is 81.5 Å². The molecule has 0 fully saturated rings. The fraction of sp³-hybridized carbons (Fsp3) is 0.300. The van der Waals surface area contributed by atoms with E-state index in [0.717, 1.165) is 31.0 Å². The lowest BCUT2D eigenvalue weighted by Gasteiger charge is -2.22. The first-order chi connectivity index (χ1) is 12.2. The second kappa shape index (κ2) is 9.56. The highest BCUT2D eigenvalue weighted by atomic mass is 127. The first-order valence-corrected chi connectivity index (χ1v) is 8.53. The Morgan fingerprint density at radius 2 is 2.00 bits per heavy atom. The standard InChI is InChI=1S/C20H25N5.HI/c1-21-20(25(3)15-18-10-6-14-24(18)2)23-13-11-17-8-4-7-16-9-5-12-22-19(16)17;/h4-10,12,14H,11,13,15H2,1-3H3,(H,21,23);1H. The molecule has 3 aromatic rings. The Hall–Kier alpha value is -2.09. The van der Waals surface area contributed by atoms with Gasteiger partial charge >= 0.3 is 0 Å². The van der Waals surface area contributed by atoms with E-state index in [4.69, 9.17) is 0 Å². The molecule has 0 aliphatic rings. The van der Waals surface area contributed by atoms with Crippen LogP contribution in [0.3, 0.4) is 0 Å². The van der Waals surface area contributed by atoms with E-state index in [0.29, 0.717) is 0 Å². The van der Waals surface area contributed by atoms with E-state index in [1.54, 1.807) is 0 Å². The first kappa shape index (κ1) is 20.2. The van der Waals surface area contributed by atoms with Crippen LogP contribution in [0, 0.1) is 0 Å².